The fourth-order valence-corrected chi connectivity index (χ4v) is 4.34. The Morgan fingerprint density at radius 1 is 1.13 bits per heavy atom. The predicted octanol–water partition coefficient (Wildman–Crippen LogP) is 0.00540. The number of ether oxygens (including phenoxy) is 2. The van der Waals surface area contributed by atoms with Crippen LogP contribution in [-0.2, 0) is 27.2 Å². The summed E-state index contributed by atoms with van der Waals surface area (Å²) < 4.78 is 11.3. The van der Waals surface area contributed by atoms with Crippen molar-refractivity contribution >= 4 is 11.8 Å². The van der Waals surface area contributed by atoms with E-state index in [0.29, 0.717) is 19.3 Å². The molecule has 1 saturated heterocycles. The van der Waals surface area contributed by atoms with Gasteiger partial charge in [0.15, 0.2) is 0 Å². The Balaban J connectivity index is 1.65. The molecule has 2 heterocycles. The van der Waals surface area contributed by atoms with E-state index in [1.807, 2.05) is 38.1 Å². The Bertz CT molecular complexity index is 1120. The zero-order valence-electron chi connectivity index (χ0n) is 22.8. The number of aliphatic hydroxyl groups is 4. The van der Waals surface area contributed by atoms with E-state index in [1.165, 1.54) is 0 Å². The summed E-state index contributed by atoms with van der Waals surface area (Å²) >= 11 is 0. The number of rotatable bonds is 12. The smallest absolute Gasteiger partial charge is 0.242 e. The van der Waals surface area contributed by atoms with Crippen molar-refractivity contribution in [2.24, 2.45) is 5.73 Å². The minimum absolute atomic E-state index is 0.0876. The van der Waals surface area contributed by atoms with Gasteiger partial charge in [0, 0.05) is 24.1 Å². The molecule has 216 valence electrons. The van der Waals surface area contributed by atoms with Gasteiger partial charge in [0.1, 0.15) is 30.0 Å². The third kappa shape index (κ3) is 7.55. The largest absolute Gasteiger partial charge is 0.443 e. The fourth-order valence-electron chi connectivity index (χ4n) is 4.34. The number of aromatic amines is 1. The zero-order chi connectivity index (χ0) is 28.9. The molecule has 0 saturated carbocycles. The highest BCUT2D eigenvalue weighted by Gasteiger charge is 2.45. The highest BCUT2D eigenvalue weighted by atomic mass is 16.7. The summed E-state index contributed by atoms with van der Waals surface area (Å²) in [7, 11) is 0. The molecule has 8 N–H and O–H groups in total. The second kappa shape index (κ2) is 12.9. The minimum atomic E-state index is -1.55. The van der Waals surface area contributed by atoms with Crippen molar-refractivity contribution in [1.82, 2.24) is 15.5 Å². The van der Waals surface area contributed by atoms with Crippen LogP contribution in [0.3, 0.4) is 0 Å². The van der Waals surface area contributed by atoms with Gasteiger partial charge in [0.25, 0.3) is 0 Å². The maximum Gasteiger partial charge on any atom is 0.242 e. The average molecular weight is 549 g/mol. The molecule has 12 heteroatoms. The quantitative estimate of drug-likeness (QED) is 0.191. The van der Waals surface area contributed by atoms with Crippen molar-refractivity contribution in [2.75, 3.05) is 6.61 Å². The average Bonchev–Trinajstić information content (AvgIpc) is 3.27. The molecule has 1 aliphatic heterocycles. The summed E-state index contributed by atoms with van der Waals surface area (Å²) in [4.78, 5) is 23.5. The number of nitrogens with zero attached hydrogens (tertiary/aromatic N) is 1. The first-order chi connectivity index (χ1) is 18.3. The number of primary amides is 1. The van der Waals surface area contributed by atoms with Gasteiger partial charge in [0.05, 0.1) is 6.61 Å². The van der Waals surface area contributed by atoms with Gasteiger partial charge in [0.2, 0.25) is 24.0 Å². The molecule has 1 aromatic carbocycles. The molecule has 2 aromatic rings. The van der Waals surface area contributed by atoms with E-state index in [0.717, 1.165) is 22.4 Å². The summed E-state index contributed by atoms with van der Waals surface area (Å²) in [6, 6.07) is 7.91. The Hall–Kier alpha value is -3.03. The number of amides is 2. The van der Waals surface area contributed by atoms with Crippen LogP contribution in [0.1, 0.15) is 68.8 Å². The Morgan fingerprint density at radius 2 is 1.77 bits per heavy atom. The van der Waals surface area contributed by atoms with Crippen LogP contribution < -0.4 is 15.8 Å². The summed E-state index contributed by atoms with van der Waals surface area (Å²) in [6.45, 7) is 6.57. The van der Waals surface area contributed by atoms with Crippen molar-refractivity contribution < 1.29 is 39.5 Å². The van der Waals surface area contributed by atoms with E-state index >= 15 is 0 Å². The highest BCUT2D eigenvalue weighted by Crippen LogP contribution is 2.31. The Labute approximate surface area is 227 Å². The summed E-state index contributed by atoms with van der Waals surface area (Å²) in [6.07, 6.45) is -4.99. The highest BCUT2D eigenvalue weighted by molar-refractivity contribution is 5.89. The van der Waals surface area contributed by atoms with Gasteiger partial charge in [-0.1, -0.05) is 38.1 Å². The number of benzene rings is 1. The van der Waals surface area contributed by atoms with Crippen LogP contribution in [0.25, 0.3) is 0 Å². The molecule has 1 aliphatic rings. The SMILES string of the molecule is CC(C)c1[nH]nc(O[C@@H]2O[C@H](CO)[C@@H](O)[C@H](O)[C@H]2O)c1Cc1ccc(CCCC(=O)NC(C)(C)C(N)=O)cc1. The summed E-state index contributed by atoms with van der Waals surface area (Å²) in [5.41, 5.74) is 7.82. The molecule has 0 spiro atoms. The van der Waals surface area contributed by atoms with Crippen LogP contribution in [0.4, 0.5) is 0 Å². The number of aryl methyl sites for hydroxylation is 1. The van der Waals surface area contributed by atoms with Crippen LogP contribution in [-0.4, -0.2) is 85.3 Å². The topological polar surface area (TPSA) is 200 Å². The Morgan fingerprint density at radius 3 is 2.36 bits per heavy atom. The molecular formula is C27H40N4O8. The second-order valence-electron chi connectivity index (χ2n) is 10.8. The van der Waals surface area contributed by atoms with Crippen molar-refractivity contribution in [3.63, 3.8) is 0 Å². The number of carbonyl (C=O) groups excluding carboxylic acids is 2. The number of hydrogen-bond donors (Lipinski definition) is 7. The number of hydrogen-bond acceptors (Lipinski definition) is 9. The van der Waals surface area contributed by atoms with E-state index in [1.54, 1.807) is 13.8 Å². The number of carbonyl (C=O) groups is 2. The van der Waals surface area contributed by atoms with Crippen molar-refractivity contribution in [3.8, 4) is 5.88 Å². The summed E-state index contributed by atoms with van der Waals surface area (Å²) in [5, 5.41) is 49.8. The lowest BCUT2D eigenvalue weighted by molar-refractivity contribution is -0.278. The molecule has 2 amide bonds. The van der Waals surface area contributed by atoms with E-state index < -0.39 is 48.8 Å². The molecule has 3 rings (SSSR count). The van der Waals surface area contributed by atoms with Crippen LogP contribution in [0.5, 0.6) is 5.88 Å². The lowest BCUT2D eigenvalue weighted by Gasteiger charge is -2.39. The monoisotopic (exact) mass is 548 g/mol. The van der Waals surface area contributed by atoms with Gasteiger partial charge >= 0.3 is 0 Å². The van der Waals surface area contributed by atoms with E-state index in [-0.39, 0.29) is 24.1 Å². The van der Waals surface area contributed by atoms with Crippen molar-refractivity contribution in [3.05, 3.63) is 46.6 Å². The van der Waals surface area contributed by atoms with Crippen molar-refractivity contribution in [2.45, 2.75) is 95.5 Å². The van der Waals surface area contributed by atoms with E-state index in [4.69, 9.17) is 15.2 Å². The molecule has 0 aliphatic carbocycles. The Kier molecular flexibility index (Phi) is 10.1. The van der Waals surface area contributed by atoms with Crippen LogP contribution in [0.2, 0.25) is 0 Å². The lowest BCUT2D eigenvalue weighted by Crippen LogP contribution is -2.60. The standard InChI is InChI=1S/C27H40N4O8/c1-14(2)20-17(24(31-30-20)39-25-23(36)22(35)21(34)18(13-32)38-25)12-16-10-8-15(9-11-16)6-5-7-19(33)29-27(3,4)26(28)37/h8-11,14,18,21-23,25,32,34-36H,5-7,12-13H2,1-4H3,(H2,28,37)(H,29,33)(H,30,31)/t18-,21-,22+,23-,25+/m1/s1. The molecule has 1 fully saturated rings. The molecule has 1 aromatic heterocycles. The lowest BCUT2D eigenvalue weighted by atomic mass is 9.97. The molecular weight excluding hydrogens is 508 g/mol. The summed E-state index contributed by atoms with van der Waals surface area (Å²) in [5.74, 6) is -0.545. The molecule has 39 heavy (non-hydrogen) atoms. The first kappa shape index (κ1) is 30.5. The van der Waals surface area contributed by atoms with Gasteiger partial charge in [-0.05, 0) is 43.7 Å². The van der Waals surface area contributed by atoms with Crippen LogP contribution >= 0.6 is 0 Å². The van der Waals surface area contributed by atoms with Gasteiger partial charge in [-0.15, -0.1) is 5.10 Å². The molecule has 5 atom stereocenters. The van der Waals surface area contributed by atoms with Gasteiger partial charge in [-0.2, -0.15) is 0 Å². The number of aliphatic hydroxyl groups excluding tert-OH is 4. The van der Waals surface area contributed by atoms with Gasteiger partial charge in [-0.3, -0.25) is 14.7 Å². The maximum absolute atomic E-state index is 12.1. The first-order valence-electron chi connectivity index (χ1n) is 13.1. The fraction of sp³-hybridized carbons (Fsp3) is 0.593. The maximum atomic E-state index is 12.1. The molecule has 0 bridgehead atoms. The third-order valence-corrected chi connectivity index (χ3v) is 6.86. The van der Waals surface area contributed by atoms with E-state index in [9.17, 15) is 30.0 Å². The molecule has 0 radical (unpaired) electrons. The molecule has 12 nitrogen and oxygen atoms in total. The number of H-pyrrole nitrogens is 1. The van der Waals surface area contributed by atoms with Gasteiger partial charge in [-0.25, -0.2) is 0 Å². The number of nitrogens with two attached hydrogens (primary N) is 1. The minimum Gasteiger partial charge on any atom is -0.443 e. The van der Waals surface area contributed by atoms with Crippen LogP contribution in [0, 0.1) is 0 Å². The third-order valence-electron chi connectivity index (χ3n) is 6.86. The number of aromatic nitrogens is 2. The number of nitrogens with one attached hydrogen (secondary N) is 2. The van der Waals surface area contributed by atoms with Gasteiger partial charge < -0.3 is 41.0 Å². The zero-order valence-corrected chi connectivity index (χ0v) is 22.8. The van der Waals surface area contributed by atoms with E-state index in [2.05, 4.69) is 15.5 Å². The second-order valence-corrected chi connectivity index (χ2v) is 10.8. The molecule has 0 unspecified atom stereocenters. The first-order valence-corrected chi connectivity index (χ1v) is 13.1. The van der Waals surface area contributed by atoms with Crippen LogP contribution in [0.15, 0.2) is 24.3 Å². The van der Waals surface area contributed by atoms with Crippen molar-refractivity contribution in [1.29, 1.82) is 0 Å². The predicted molar refractivity (Wildman–Crippen MR) is 141 cm³/mol. The normalized spacial score (nSPS) is 23.6.